The Kier molecular flexibility index (Phi) is 4.90. The van der Waals surface area contributed by atoms with Crippen molar-refractivity contribution in [1.29, 1.82) is 0 Å². The molecule has 0 unspecified atom stereocenters. The molecule has 7 heteroatoms. The van der Waals surface area contributed by atoms with Crippen LogP contribution in [0.1, 0.15) is 31.4 Å². The number of nitrogens with zero attached hydrogens (tertiary/aromatic N) is 2. The molecule has 0 amide bonds. The summed E-state index contributed by atoms with van der Waals surface area (Å²) in [6.45, 7) is 1.89. The molecule has 0 spiro atoms. The van der Waals surface area contributed by atoms with E-state index >= 15 is 0 Å². The molecule has 1 saturated carbocycles. The molecule has 1 aliphatic rings. The van der Waals surface area contributed by atoms with Crippen LogP contribution in [-0.2, 0) is 0 Å². The molecule has 2 aromatic rings. The topological polar surface area (TPSA) is 70.1 Å². The Hall–Kier alpha value is -1.56. The summed E-state index contributed by atoms with van der Waals surface area (Å²) in [4.78, 5) is 8.99. The maximum absolute atomic E-state index is 9.19. The van der Waals surface area contributed by atoms with Crippen LogP contribution in [0, 0.1) is 0 Å². The fourth-order valence-electron chi connectivity index (χ4n) is 2.17. The Bertz CT molecular complexity index is 706. The van der Waals surface area contributed by atoms with Gasteiger partial charge < -0.3 is 15.7 Å². The molecule has 1 aromatic carbocycles. The van der Waals surface area contributed by atoms with Crippen molar-refractivity contribution in [1.82, 2.24) is 9.97 Å². The molecule has 5 nitrogen and oxygen atoms in total. The number of hydrogen-bond donors (Lipinski definition) is 3. The summed E-state index contributed by atoms with van der Waals surface area (Å²) in [6, 6.07) is 7.18. The highest BCUT2D eigenvalue weighted by Gasteiger charge is 2.26. The summed E-state index contributed by atoms with van der Waals surface area (Å²) in [5, 5.41) is 16.5. The molecule has 1 atom stereocenters. The smallest absolute Gasteiger partial charge is 0.225 e. The van der Waals surface area contributed by atoms with Gasteiger partial charge in [-0.15, -0.1) is 0 Å². The van der Waals surface area contributed by atoms with Gasteiger partial charge in [-0.25, -0.2) is 4.98 Å². The van der Waals surface area contributed by atoms with Crippen molar-refractivity contribution in [3.05, 3.63) is 40.0 Å². The van der Waals surface area contributed by atoms with Crippen LogP contribution >= 0.6 is 23.2 Å². The molecule has 23 heavy (non-hydrogen) atoms. The van der Waals surface area contributed by atoms with E-state index in [-0.39, 0.29) is 12.6 Å². The van der Waals surface area contributed by atoms with E-state index in [4.69, 9.17) is 23.2 Å². The number of aromatic nitrogens is 2. The molecule has 0 aliphatic heterocycles. The number of aliphatic hydroxyl groups is 1. The van der Waals surface area contributed by atoms with Crippen molar-refractivity contribution >= 4 is 40.7 Å². The Morgan fingerprint density at radius 3 is 2.65 bits per heavy atom. The summed E-state index contributed by atoms with van der Waals surface area (Å²) in [7, 11) is 0. The van der Waals surface area contributed by atoms with Crippen LogP contribution in [-0.4, -0.2) is 27.7 Å². The Balaban J connectivity index is 1.86. The van der Waals surface area contributed by atoms with E-state index in [2.05, 4.69) is 20.6 Å². The van der Waals surface area contributed by atoms with E-state index in [1.807, 2.05) is 19.1 Å². The molecule has 1 fully saturated rings. The molecule has 0 radical (unpaired) electrons. The van der Waals surface area contributed by atoms with Gasteiger partial charge in [-0.05, 0) is 38.0 Å². The zero-order valence-electron chi connectivity index (χ0n) is 12.7. The van der Waals surface area contributed by atoms with E-state index in [9.17, 15) is 5.11 Å². The lowest BCUT2D eigenvalue weighted by molar-refractivity contribution is 0.281. The lowest BCUT2D eigenvalue weighted by Crippen LogP contribution is -2.21. The maximum Gasteiger partial charge on any atom is 0.225 e. The number of benzene rings is 1. The third kappa shape index (κ3) is 4.25. The quantitative estimate of drug-likeness (QED) is 0.726. The van der Waals surface area contributed by atoms with Crippen LogP contribution in [0.25, 0.3) is 0 Å². The van der Waals surface area contributed by atoms with Crippen LogP contribution in [0.15, 0.2) is 24.3 Å². The highest BCUT2D eigenvalue weighted by Crippen LogP contribution is 2.40. The largest absolute Gasteiger partial charge is 0.394 e. The van der Waals surface area contributed by atoms with Crippen molar-refractivity contribution in [2.24, 2.45) is 0 Å². The zero-order valence-corrected chi connectivity index (χ0v) is 14.2. The fraction of sp³-hybridized carbons (Fsp3) is 0.375. The molecule has 1 aliphatic carbocycles. The molecule has 1 heterocycles. The first-order valence-electron chi connectivity index (χ1n) is 7.53. The third-order valence-electron chi connectivity index (χ3n) is 3.58. The van der Waals surface area contributed by atoms with Gasteiger partial charge in [-0.1, -0.05) is 23.2 Å². The summed E-state index contributed by atoms with van der Waals surface area (Å²) < 4.78 is 0. The van der Waals surface area contributed by atoms with E-state index in [1.165, 1.54) is 0 Å². The Morgan fingerprint density at radius 1 is 1.22 bits per heavy atom. The zero-order chi connectivity index (χ0) is 16.4. The highest BCUT2D eigenvalue weighted by atomic mass is 35.5. The summed E-state index contributed by atoms with van der Waals surface area (Å²) >= 11 is 12.0. The van der Waals surface area contributed by atoms with Gasteiger partial charge in [-0.3, -0.25) is 0 Å². The SMILES string of the molecule is C[C@@H](CO)Nc1nc(Nc2ccc(Cl)c(Cl)c2)cc(C2CC2)n1. The Labute approximate surface area is 145 Å². The van der Waals surface area contributed by atoms with Gasteiger partial charge >= 0.3 is 0 Å². The Morgan fingerprint density at radius 2 is 2.00 bits per heavy atom. The summed E-state index contributed by atoms with van der Waals surface area (Å²) in [5.41, 5.74) is 1.82. The van der Waals surface area contributed by atoms with Gasteiger partial charge in [0.25, 0.3) is 0 Å². The van der Waals surface area contributed by atoms with Crippen molar-refractivity contribution < 1.29 is 5.11 Å². The van der Waals surface area contributed by atoms with Gasteiger partial charge in [0, 0.05) is 23.7 Å². The molecule has 122 valence electrons. The monoisotopic (exact) mass is 352 g/mol. The van der Waals surface area contributed by atoms with Crippen molar-refractivity contribution in [2.75, 3.05) is 17.2 Å². The standard InChI is InChI=1S/C16H18Cl2N4O/c1-9(8-23)19-16-21-14(10-2-3-10)7-15(22-16)20-11-4-5-12(17)13(18)6-11/h4-7,9-10,23H,2-3,8H2,1H3,(H2,19,20,21,22)/t9-/m0/s1. The van der Waals surface area contributed by atoms with Gasteiger partial charge in [0.2, 0.25) is 5.95 Å². The van der Waals surface area contributed by atoms with Gasteiger partial charge in [0.05, 0.1) is 22.3 Å². The predicted molar refractivity (Wildman–Crippen MR) is 93.9 cm³/mol. The molecule has 3 N–H and O–H groups in total. The van der Waals surface area contributed by atoms with Crippen LogP contribution in [0.5, 0.6) is 0 Å². The molecule has 0 saturated heterocycles. The average Bonchev–Trinajstić information content (AvgIpc) is 3.35. The number of halogens is 2. The first-order valence-corrected chi connectivity index (χ1v) is 8.29. The van der Waals surface area contributed by atoms with Crippen molar-refractivity contribution in [3.63, 3.8) is 0 Å². The molecule has 3 rings (SSSR count). The van der Waals surface area contributed by atoms with E-state index < -0.39 is 0 Å². The fourth-order valence-corrected chi connectivity index (χ4v) is 2.47. The van der Waals surface area contributed by atoms with E-state index in [1.54, 1.807) is 12.1 Å². The molecular formula is C16H18Cl2N4O. The normalized spacial score (nSPS) is 15.3. The third-order valence-corrected chi connectivity index (χ3v) is 4.32. The van der Waals surface area contributed by atoms with Gasteiger partial charge in [0.1, 0.15) is 5.82 Å². The first kappa shape index (κ1) is 16.3. The maximum atomic E-state index is 9.19. The second-order valence-corrected chi connectivity index (χ2v) is 6.57. The number of rotatable bonds is 6. The minimum atomic E-state index is -0.109. The van der Waals surface area contributed by atoms with Gasteiger partial charge in [0.15, 0.2) is 0 Å². The van der Waals surface area contributed by atoms with Gasteiger partial charge in [-0.2, -0.15) is 4.98 Å². The first-order chi connectivity index (χ1) is 11.0. The molecule has 0 bridgehead atoms. The van der Waals surface area contributed by atoms with Crippen LogP contribution in [0.4, 0.5) is 17.5 Å². The van der Waals surface area contributed by atoms with E-state index in [0.717, 1.165) is 24.2 Å². The minimum absolute atomic E-state index is 0.0204. The lowest BCUT2D eigenvalue weighted by Gasteiger charge is -2.14. The summed E-state index contributed by atoms with van der Waals surface area (Å²) in [6.07, 6.45) is 2.30. The van der Waals surface area contributed by atoms with Crippen LogP contribution in [0.2, 0.25) is 10.0 Å². The second kappa shape index (κ2) is 6.91. The second-order valence-electron chi connectivity index (χ2n) is 5.76. The molecular weight excluding hydrogens is 335 g/mol. The summed E-state index contributed by atoms with van der Waals surface area (Å²) in [5.74, 6) is 1.70. The number of anilines is 3. The van der Waals surface area contributed by atoms with Crippen LogP contribution < -0.4 is 10.6 Å². The molecule has 1 aromatic heterocycles. The highest BCUT2D eigenvalue weighted by molar-refractivity contribution is 6.42. The number of aliphatic hydroxyl groups excluding tert-OH is 1. The number of nitrogens with one attached hydrogen (secondary N) is 2. The minimum Gasteiger partial charge on any atom is -0.394 e. The number of hydrogen-bond acceptors (Lipinski definition) is 5. The van der Waals surface area contributed by atoms with Crippen molar-refractivity contribution in [2.45, 2.75) is 31.7 Å². The van der Waals surface area contributed by atoms with Crippen LogP contribution in [0.3, 0.4) is 0 Å². The lowest BCUT2D eigenvalue weighted by atomic mass is 10.2. The van der Waals surface area contributed by atoms with E-state index in [0.29, 0.717) is 27.7 Å². The average molecular weight is 353 g/mol. The predicted octanol–water partition coefficient (Wildman–Crippen LogP) is 4.20. The van der Waals surface area contributed by atoms with Crippen molar-refractivity contribution in [3.8, 4) is 0 Å².